The zero-order valence-electron chi connectivity index (χ0n) is 9.74. The average Bonchev–Trinajstić information content (AvgIpc) is 2.79. The van der Waals surface area contributed by atoms with Gasteiger partial charge >= 0.3 is 0 Å². The van der Waals surface area contributed by atoms with E-state index in [9.17, 15) is 10.1 Å². The van der Waals surface area contributed by atoms with Crippen molar-refractivity contribution in [2.24, 2.45) is 0 Å². The highest BCUT2D eigenvalue weighted by molar-refractivity contribution is 5.59. The second kappa shape index (κ2) is 4.74. The summed E-state index contributed by atoms with van der Waals surface area (Å²) in [5.74, 6) is 0.911. The fourth-order valence-corrected chi connectivity index (χ4v) is 1.44. The van der Waals surface area contributed by atoms with Gasteiger partial charge in [-0.1, -0.05) is 0 Å². The number of hydrogen-bond donors (Lipinski definition) is 1. The Bertz CT molecular complexity index is 579. The topological polar surface area (TPSA) is 96.2 Å². The van der Waals surface area contributed by atoms with Crippen LogP contribution >= 0.6 is 0 Å². The van der Waals surface area contributed by atoms with Crippen molar-refractivity contribution in [2.75, 3.05) is 5.73 Å². The molecule has 1 heterocycles. The molecule has 0 amide bonds. The molecule has 0 aliphatic rings. The maximum absolute atomic E-state index is 10.6. The van der Waals surface area contributed by atoms with Crippen LogP contribution in [0.2, 0.25) is 0 Å². The number of nitro benzene ring substituents is 1. The first-order valence-electron chi connectivity index (χ1n) is 5.34. The smallest absolute Gasteiger partial charge is 0.271 e. The molecule has 0 radical (unpaired) electrons. The number of non-ortho nitro benzene ring substituents is 1. The van der Waals surface area contributed by atoms with Gasteiger partial charge in [0.15, 0.2) is 11.5 Å². The molecule has 0 aliphatic heterocycles. The van der Waals surface area contributed by atoms with Crippen LogP contribution in [0.1, 0.15) is 6.92 Å². The second-order valence-corrected chi connectivity index (χ2v) is 3.61. The molecule has 0 bridgehead atoms. The van der Waals surface area contributed by atoms with Crippen LogP contribution in [0.4, 0.5) is 11.4 Å². The lowest BCUT2D eigenvalue weighted by atomic mass is 10.2. The van der Waals surface area contributed by atoms with Gasteiger partial charge in [-0.25, -0.2) is 0 Å². The molecule has 18 heavy (non-hydrogen) atoms. The molecular formula is C11H12N4O3. The Morgan fingerprint density at radius 3 is 2.89 bits per heavy atom. The number of nitrogens with two attached hydrogens (primary N) is 1. The van der Waals surface area contributed by atoms with Crippen LogP contribution in [0.15, 0.2) is 30.6 Å². The SMILES string of the molecule is CCn1cc(Oc2ccc([N+](=O)[O-])cc2N)cn1. The van der Waals surface area contributed by atoms with Gasteiger partial charge in [-0.15, -0.1) is 0 Å². The lowest BCUT2D eigenvalue weighted by molar-refractivity contribution is -0.384. The molecule has 1 aromatic heterocycles. The largest absolute Gasteiger partial charge is 0.452 e. The molecule has 0 unspecified atom stereocenters. The molecule has 0 fully saturated rings. The second-order valence-electron chi connectivity index (χ2n) is 3.61. The first-order chi connectivity index (χ1) is 8.60. The summed E-state index contributed by atoms with van der Waals surface area (Å²) in [4.78, 5) is 10.1. The molecule has 0 spiro atoms. The Balaban J connectivity index is 2.21. The van der Waals surface area contributed by atoms with Crippen LogP contribution in [0.3, 0.4) is 0 Å². The van der Waals surface area contributed by atoms with Gasteiger partial charge in [0, 0.05) is 18.7 Å². The van der Waals surface area contributed by atoms with Crippen molar-refractivity contribution in [2.45, 2.75) is 13.5 Å². The average molecular weight is 248 g/mol. The Labute approximate surface area is 103 Å². The molecular weight excluding hydrogens is 236 g/mol. The van der Waals surface area contributed by atoms with Gasteiger partial charge < -0.3 is 10.5 Å². The normalized spacial score (nSPS) is 10.3. The van der Waals surface area contributed by atoms with Crippen LogP contribution < -0.4 is 10.5 Å². The van der Waals surface area contributed by atoms with Crippen molar-refractivity contribution >= 4 is 11.4 Å². The molecule has 2 rings (SSSR count). The first-order valence-corrected chi connectivity index (χ1v) is 5.34. The van der Waals surface area contributed by atoms with Crippen LogP contribution in [-0.2, 0) is 6.54 Å². The molecule has 1 aromatic carbocycles. The van der Waals surface area contributed by atoms with Crippen LogP contribution in [0.25, 0.3) is 0 Å². The monoisotopic (exact) mass is 248 g/mol. The third-order valence-corrected chi connectivity index (χ3v) is 2.37. The summed E-state index contributed by atoms with van der Waals surface area (Å²) < 4.78 is 7.20. The van der Waals surface area contributed by atoms with Crippen LogP contribution in [-0.4, -0.2) is 14.7 Å². The van der Waals surface area contributed by atoms with E-state index in [0.717, 1.165) is 6.54 Å². The van der Waals surface area contributed by atoms with Crippen molar-refractivity contribution in [3.63, 3.8) is 0 Å². The Kier molecular flexibility index (Phi) is 3.13. The molecule has 2 aromatic rings. The summed E-state index contributed by atoms with van der Waals surface area (Å²) in [5.41, 5.74) is 5.84. The fraction of sp³-hybridized carbons (Fsp3) is 0.182. The Morgan fingerprint density at radius 1 is 1.56 bits per heavy atom. The lowest BCUT2D eigenvalue weighted by Gasteiger charge is -2.05. The van der Waals surface area contributed by atoms with Gasteiger partial charge in [0.25, 0.3) is 5.69 Å². The number of nitro groups is 1. The molecule has 7 heteroatoms. The highest BCUT2D eigenvalue weighted by atomic mass is 16.6. The lowest BCUT2D eigenvalue weighted by Crippen LogP contribution is -1.95. The van der Waals surface area contributed by atoms with E-state index in [0.29, 0.717) is 11.5 Å². The molecule has 2 N–H and O–H groups in total. The van der Waals surface area contributed by atoms with Crippen molar-refractivity contribution in [1.29, 1.82) is 0 Å². The zero-order valence-corrected chi connectivity index (χ0v) is 9.74. The summed E-state index contributed by atoms with van der Waals surface area (Å²) >= 11 is 0. The van der Waals surface area contributed by atoms with Crippen molar-refractivity contribution in [3.8, 4) is 11.5 Å². The molecule has 94 valence electrons. The number of nitrogens with zero attached hydrogens (tertiary/aromatic N) is 3. The predicted octanol–water partition coefficient (Wildman–Crippen LogP) is 2.19. The van der Waals surface area contributed by atoms with Crippen molar-refractivity contribution in [3.05, 3.63) is 40.7 Å². The minimum Gasteiger partial charge on any atom is -0.452 e. The molecule has 0 saturated carbocycles. The fourth-order valence-electron chi connectivity index (χ4n) is 1.44. The zero-order chi connectivity index (χ0) is 13.1. The Hall–Kier alpha value is -2.57. The summed E-state index contributed by atoms with van der Waals surface area (Å²) in [5, 5.41) is 14.6. The number of aromatic nitrogens is 2. The van der Waals surface area contributed by atoms with Gasteiger partial charge in [-0.3, -0.25) is 14.8 Å². The molecule has 7 nitrogen and oxygen atoms in total. The maximum atomic E-state index is 10.6. The minimum absolute atomic E-state index is 0.0656. The van der Waals surface area contributed by atoms with E-state index in [1.54, 1.807) is 17.1 Å². The minimum atomic E-state index is -0.505. The number of nitrogen functional groups attached to an aromatic ring is 1. The summed E-state index contributed by atoms with van der Waals surface area (Å²) in [6, 6.07) is 4.08. The third-order valence-electron chi connectivity index (χ3n) is 2.37. The van der Waals surface area contributed by atoms with E-state index in [-0.39, 0.29) is 11.4 Å². The van der Waals surface area contributed by atoms with Gasteiger partial charge in [0.2, 0.25) is 0 Å². The van der Waals surface area contributed by atoms with Crippen LogP contribution in [0, 0.1) is 10.1 Å². The third kappa shape index (κ3) is 2.40. The first kappa shape index (κ1) is 11.9. The highest BCUT2D eigenvalue weighted by Crippen LogP contribution is 2.30. The number of hydrogen-bond acceptors (Lipinski definition) is 5. The standard InChI is InChI=1S/C11H12N4O3/c1-2-14-7-9(6-13-14)18-11-4-3-8(15(16)17)5-10(11)12/h3-7H,2,12H2,1H3. The summed E-state index contributed by atoms with van der Waals surface area (Å²) in [6.45, 7) is 2.69. The molecule has 0 aliphatic carbocycles. The van der Waals surface area contributed by atoms with E-state index in [1.165, 1.54) is 18.2 Å². The number of aryl methyl sites for hydroxylation is 1. The van der Waals surface area contributed by atoms with E-state index in [4.69, 9.17) is 10.5 Å². The molecule has 0 saturated heterocycles. The highest BCUT2D eigenvalue weighted by Gasteiger charge is 2.10. The van der Waals surface area contributed by atoms with Gasteiger partial charge in [-0.2, -0.15) is 5.10 Å². The number of anilines is 1. The van der Waals surface area contributed by atoms with Gasteiger partial charge in [0.05, 0.1) is 23.0 Å². The summed E-state index contributed by atoms with van der Waals surface area (Å²) in [6.07, 6.45) is 3.28. The number of ether oxygens (including phenoxy) is 1. The van der Waals surface area contributed by atoms with Gasteiger partial charge in [0.1, 0.15) is 0 Å². The van der Waals surface area contributed by atoms with E-state index in [1.807, 2.05) is 6.92 Å². The predicted molar refractivity (Wildman–Crippen MR) is 65.5 cm³/mol. The number of rotatable bonds is 4. The van der Waals surface area contributed by atoms with Crippen molar-refractivity contribution < 1.29 is 9.66 Å². The van der Waals surface area contributed by atoms with E-state index < -0.39 is 4.92 Å². The van der Waals surface area contributed by atoms with Crippen molar-refractivity contribution in [1.82, 2.24) is 9.78 Å². The molecule has 0 atom stereocenters. The maximum Gasteiger partial charge on any atom is 0.271 e. The number of benzene rings is 1. The summed E-state index contributed by atoms with van der Waals surface area (Å²) in [7, 11) is 0. The quantitative estimate of drug-likeness (QED) is 0.508. The van der Waals surface area contributed by atoms with Crippen LogP contribution in [0.5, 0.6) is 11.5 Å². The van der Waals surface area contributed by atoms with E-state index >= 15 is 0 Å². The van der Waals surface area contributed by atoms with Gasteiger partial charge in [-0.05, 0) is 13.0 Å². The van der Waals surface area contributed by atoms with E-state index in [2.05, 4.69) is 5.10 Å². The Morgan fingerprint density at radius 2 is 2.33 bits per heavy atom.